The maximum Gasteiger partial charge on any atom is 0.277 e. The van der Waals surface area contributed by atoms with E-state index in [9.17, 15) is 4.79 Å². The zero-order chi connectivity index (χ0) is 14.8. The summed E-state index contributed by atoms with van der Waals surface area (Å²) in [7, 11) is 0. The zero-order valence-corrected chi connectivity index (χ0v) is 12.9. The molecule has 1 aliphatic rings. The van der Waals surface area contributed by atoms with Crippen LogP contribution >= 0.6 is 23.4 Å². The fourth-order valence-corrected chi connectivity index (χ4v) is 2.56. The number of amides is 1. The maximum absolute atomic E-state index is 12.1. The first-order valence-corrected chi connectivity index (χ1v) is 7.94. The van der Waals surface area contributed by atoms with Crippen molar-refractivity contribution in [1.29, 1.82) is 0 Å². The molecule has 0 saturated heterocycles. The first-order valence-electron chi connectivity index (χ1n) is 6.68. The summed E-state index contributed by atoms with van der Waals surface area (Å²) in [4.78, 5) is 12.1. The Bertz CT molecular complexity index is 640. The van der Waals surface area contributed by atoms with Gasteiger partial charge < -0.3 is 9.73 Å². The summed E-state index contributed by atoms with van der Waals surface area (Å²) in [5, 5.41) is 11.5. The van der Waals surface area contributed by atoms with Gasteiger partial charge in [0.05, 0.1) is 5.25 Å². The molecule has 1 aromatic carbocycles. The van der Waals surface area contributed by atoms with E-state index in [1.165, 1.54) is 11.8 Å². The molecule has 0 aliphatic heterocycles. The molecule has 1 N–H and O–H groups in total. The van der Waals surface area contributed by atoms with Gasteiger partial charge >= 0.3 is 0 Å². The maximum atomic E-state index is 12.1. The first kappa shape index (κ1) is 14.4. The molecule has 1 atom stereocenters. The van der Waals surface area contributed by atoms with Crippen LogP contribution in [0.5, 0.6) is 0 Å². The SMILES string of the molecule is C[C@@H](Sc1nnc(C2CC2)o1)C(=O)Nc1ccc(Cl)cc1. The Morgan fingerprint density at radius 2 is 2.10 bits per heavy atom. The summed E-state index contributed by atoms with van der Waals surface area (Å²) in [6.07, 6.45) is 2.22. The summed E-state index contributed by atoms with van der Waals surface area (Å²) in [5.74, 6) is 0.987. The van der Waals surface area contributed by atoms with Crippen molar-refractivity contribution in [1.82, 2.24) is 10.2 Å². The number of hydrogen-bond donors (Lipinski definition) is 1. The highest BCUT2D eigenvalue weighted by atomic mass is 35.5. The Kier molecular flexibility index (Phi) is 4.17. The molecular formula is C14H14ClN3O2S. The number of halogens is 1. The third-order valence-electron chi connectivity index (χ3n) is 3.11. The van der Waals surface area contributed by atoms with Crippen LogP contribution in [0.25, 0.3) is 0 Å². The predicted molar refractivity (Wildman–Crippen MR) is 81.7 cm³/mol. The molecule has 1 heterocycles. The zero-order valence-electron chi connectivity index (χ0n) is 11.4. The molecule has 7 heteroatoms. The van der Waals surface area contributed by atoms with E-state index in [4.69, 9.17) is 16.0 Å². The van der Waals surface area contributed by atoms with Crippen molar-refractivity contribution >= 4 is 35.0 Å². The van der Waals surface area contributed by atoms with Gasteiger partial charge in [-0.1, -0.05) is 23.4 Å². The molecule has 1 amide bonds. The average Bonchev–Trinajstić information content (AvgIpc) is 3.22. The van der Waals surface area contributed by atoms with Gasteiger partial charge in [-0.25, -0.2) is 0 Å². The lowest BCUT2D eigenvalue weighted by Gasteiger charge is -2.09. The van der Waals surface area contributed by atoms with Gasteiger partial charge in [0.2, 0.25) is 11.8 Å². The Morgan fingerprint density at radius 1 is 1.38 bits per heavy atom. The molecule has 3 rings (SSSR count). The second-order valence-electron chi connectivity index (χ2n) is 4.94. The van der Waals surface area contributed by atoms with E-state index in [0.29, 0.717) is 27.7 Å². The number of nitrogens with zero attached hydrogens (tertiary/aromatic N) is 2. The van der Waals surface area contributed by atoms with Gasteiger partial charge in [-0.15, -0.1) is 10.2 Å². The van der Waals surface area contributed by atoms with Crippen molar-refractivity contribution in [3.8, 4) is 0 Å². The standard InChI is InChI=1S/C14H14ClN3O2S/c1-8(12(19)16-11-6-4-10(15)5-7-11)21-14-18-17-13(20-14)9-2-3-9/h4-9H,2-3H2,1H3,(H,16,19)/t8-/m1/s1. The minimum absolute atomic E-state index is 0.117. The third-order valence-corrected chi connectivity index (χ3v) is 4.29. The lowest BCUT2D eigenvalue weighted by molar-refractivity contribution is -0.115. The van der Waals surface area contributed by atoms with Gasteiger partial charge in [-0.05, 0) is 44.0 Å². The Morgan fingerprint density at radius 3 is 2.76 bits per heavy atom. The number of carbonyl (C=O) groups excluding carboxylic acids is 1. The van der Waals surface area contributed by atoms with Crippen molar-refractivity contribution in [2.45, 2.75) is 36.2 Å². The smallest absolute Gasteiger partial charge is 0.277 e. The van der Waals surface area contributed by atoms with Gasteiger partial charge in [0.25, 0.3) is 5.22 Å². The van der Waals surface area contributed by atoms with Crippen LogP contribution in [0, 0.1) is 0 Å². The molecule has 2 aromatic rings. The molecule has 1 saturated carbocycles. The number of anilines is 1. The van der Waals surface area contributed by atoms with E-state index >= 15 is 0 Å². The number of nitrogens with one attached hydrogen (secondary N) is 1. The number of carbonyl (C=O) groups is 1. The first-order chi connectivity index (χ1) is 10.1. The quantitative estimate of drug-likeness (QED) is 0.849. The van der Waals surface area contributed by atoms with Gasteiger partial charge in [0.15, 0.2) is 0 Å². The van der Waals surface area contributed by atoms with Crippen molar-refractivity contribution in [3.63, 3.8) is 0 Å². The van der Waals surface area contributed by atoms with Crippen LogP contribution < -0.4 is 5.32 Å². The van der Waals surface area contributed by atoms with Crippen molar-refractivity contribution in [2.75, 3.05) is 5.32 Å². The van der Waals surface area contributed by atoms with Crippen LogP contribution in [0.15, 0.2) is 33.9 Å². The number of aromatic nitrogens is 2. The van der Waals surface area contributed by atoms with Crippen LogP contribution in [0.2, 0.25) is 5.02 Å². The molecule has 21 heavy (non-hydrogen) atoms. The number of thioether (sulfide) groups is 1. The predicted octanol–water partition coefficient (Wildman–Crippen LogP) is 3.72. The Labute approximate surface area is 131 Å². The molecule has 110 valence electrons. The van der Waals surface area contributed by atoms with Crippen molar-refractivity contribution in [3.05, 3.63) is 35.2 Å². The van der Waals surface area contributed by atoms with E-state index in [0.717, 1.165) is 12.8 Å². The third kappa shape index (κ3) is 3.77. The summed E-state index contributed by atoms with van der Waals surface area (Å²) in [5.41, 5.74) is 0.709. The molecule has 1 aliphatic carbocycles. The highest BCUT2D eigenvalue weighted by molar-refractivity contribution is 8.00. The molecular weight excluding hydrogens is 310 g/mol. The fraction of sp³-hybridized carbons (Fsp3) is 0.357. The average molecular weight is 324 g/mol. The number of benzene rings is 1. The monoisotopic (exact) mass is 323 g/mol. The molecule has 0 unspecified atom stereocenters. The molecule has 0 radical (unpaired) electrons. The molecule has 1 fully saturated rings. The second-order valence-corrected chi connectivity index (χ2v) is 6.67. The molecule has 0 bridgehead atoms. The number of rotatable bonds is 5. The number of hydrogen-bond acceptors (Lipinski definition) is 5. The van der Waals surface area contributed by atoms with E-state index < -0.39 is 0 Å². The van der Waals surface area contributed by atoms with Gasteiger partial charge in [0, 0.05) is 16.6 Å². The Balaban J connectivity index is 1.57. The van der Waals surface area contributed by atoms with Crippen molar-refractivity contribution < 1.29 is 9.21 Å². The van der Waals surface area contributed by atoms with E-state index in [1.54, 1.807) is 31.2 Å². The minimum Gasteiger partial charge on any atom is -0.416 e. The molecule has 5 nitrogen and oxygen atoms in total. The van der Waals surface area contributed by atoms with Crippen molar-refractivity contribution in [2.24, 2.45) is 0 Å². The van der Waals surface area contributed by atoms with Gasteiger partial charge in [0.1, 0.15) is 0 Å². The Hall–Kier alpha value is -1.53. The van der Waals surface area contributed by atoms with E-state index in [1.807, 2.05) is 0 Å². The van der Waals surface area contributed by atoms with Gasteiger partial charge in [-0.2, -0.15) is 0 Å². The molecule has 1 aromatic heterocycles. The summed E-state index contributed by atoms with van der Waals surface area (Å²) >= 11 is 7.07. The lowest BCUT2D eigenvalue weighted by Crippen LogP contribution is -2.22. The van der Waals surface area contributed by atoms with E-state index in [2.05, 4.69) is 15.5 Å². The van der Waals surface area contributed by atoms with Gasteiger partial charge in [-0.3, -0.25) is 4.79 Å². The normalized spacial score (nSPS) is 15.7. The topological polar surface area (TPSA) is 68.0 Å². The van der Waals surface area contributed by atoms with Crippen LogP contribution in [-0.4, -0.2) is 21.4 Å². The summed E-state index contributed by atoms with van der Waals surface area (Å²) < 4.78 is 5.54. The molecule has 0 spiro atoms. The van der Waals surface area contributed by atoms with Crippen LogP contribution in [-0.2, 0) is 4.79 Å². The summed E-state index contributed by atoms with van der Waals surface area (Å²) in [6, 6.07) is 6.98. The van der Waals surface area contributed by atoms with Crippen LogP contribution in [0.1, 0.15) is 31.6 Å². The lowest BCUT2D eigenvalue weighted by atomic mass is 10.3. The largest absolute Gasteiger partial charge is 0.416 e. The second kappa shape index (κ2) is 6.07. The highest BCUT2D eigenvalue weighted by Gasteiger charge is 2.30. The van der Waals surface area contributed by atoms with E-state index in [-0.39, 0.29) is 11.2 Å². The van der Waals surface area contributed by atoms with Crippen LogP contribution in [0.4, 0.5) is 5.69 Å². The summed E-state index contributed by atoms with van der Waals surface area (Å²) in [6.45, 7) is 1.80. The van der Waals surface area contributed by atoms with Crippen LogP contribution in [0.3, 0.4) is 0 Å². The fourth-order valence-electron chi connectivity index (χ4n) is 1.75. The highest BCUT2D eigenvalue weighted by Crippen LogP contribution is 2.40. The minimum atomic E-state index is -0.326.